The first-order valence-electron chi connectivity index (χ1n) is 4.42. The number of fused-ring (bicyclic) bond motifs is 1. The van der Waals surface area contributed by atoms with Gasteiger partial charge in [0.2, 0.25) is 0 Å². The van der Waals surface area contributed by atoms with Crippen molar-refractivity contribution in [2.75, 3.05) is 0 Å². The zero-order valence-electron chi connectivity index (χ0n) is 7.85. The van der Waals surface area contributed by atoms with Crippen molar-refractivity contribution in [1.29, 1.82) is 0 Å². The maximum atomic E-state index is 10.6. The molecule has 1 heterocycles. The fourth-order valence-corrected chi connectivity index (χ4v) is 2.03. The van der Waals surface area contributed by atoms with Crippen molar-refractivity contribution < 1.29 is 9.90 Å². The van der Waals surface area contributed by atoms with E-state index in [0.29, 0.717) is 5.69 Å². The number of hydrogen-bond donors (Lipinski definition) is 2. The summed E-state index contributed by atoms with van der Waals surface area (Å²) in [5.74, 6) is -0.868. The normalized spacial score (nSPS) is 18.6. The number of carboxylic acid groups (broad SMARTS) is 1. The molecule has 3 nitrogen and oxygen atoms in total. The molecule has 0 saturated carbocycles. The number of aromatic carboxylic acids is 1. The number of carbonyl (C=O) groups is 1. The molecule has 2 N–H and O–H groups in total. The predicted octanol–water partition coefficient (Wildman–Crippen LogP) is 1.84. The van der Waals surface area contributed by atoms with Gasteiger partial charge in [0.25, 0.3) is 0 Å². The summed E-state index contributed by atoms with van der Waals surface area (Å²) >= 11 is 0. The summed E-state index contributed by atoms with van der Waals surface area (Å²) in [5, 5.41) is 8.74. The lowest BCUT2D eigenvalue weighted by molar-refractivity contribution is 0.0690. The van der Waals surface area contributed by atoms with E-state index in [1.807, 2.05) is 0 Å². The van der Waals surface area contributed by atoms with E-state index in [0.717, 1.165) is 18.5 Å². The molecule has 1 aliphatic rings. The van der Waals surface area contributed by atoms with Crippen LogP contribution in [0.25, 0.3) is 0 Å². The summed E-state index contributed by atoms with van der Waals surface area (Å²) in [4.78, 5) is 13.6. The summed E-state index contributed by atoms with van der Waals surface area (Å²) in [7, 11) is 0. The minimum atomic E-state index is -0.868. The average Bonchev–Trinajstić information content (AvgIpc) is 2.39. The zero-order chi connectivity index (χ0) is 9.64. The van der Waals surface area contributed by atoms with Crippen molar-refractivity contribution in [3.8, 4) is 0 Å². The van der Waals surface area contributed by atoms with Gasteiger partial charge in [0.1, 0.15) is 5.69 Å². The first-order chi connectivity index (χ1) is 5.98. The van der Waals surface area contributed by atoms with E-state index in [9.17, 15) is 4.79 Å². The van der Waals surface area contributed by atoms with Crippen LogP contribution in [0.4, 0.5) is 0 Å². The number of aromatic nitrogens is 1. The Bertz CT molecular complexity index is 338. The zero-order valence-corrected chi connectivity index (χ0v) is 7.85. The molecule has 0 bridgehead atoms. The molecule has 1 aromatic rings. The fourth-order valence-electron chi connectivity index (χ4n) is 2.03. The van der Waals surface area contributed by atoms with Crippen molar-refractivity contribution in [2.24, 2.45) is 5.41 Å². The molecule has 0 aromatic carbocycles. The smallest absolute Gasteiger partial charge is 0.352 e. The molecule has 0 saturated heterocycles. The largest absolute Gasteiger partial charge is 0.477 e. The molecule has 0 atom stereocenters. The van der Waals surface area contributed by atoms with E-state index < -0.39 is 5.97 Å². The minimum absolute atomic E-state index is 0.290. The van der Waals surface area contributed by atoms with Crippen LogP contribution in [0.2, 0.25) is 0 Å². The monoisotopic (exact) mass is 179 g/mol. The van der Waals surface area contributed by atoms with Crippen LogP contribution < -0.4 is 0 Å². The van der Waals surface area contributed by atoms with E-state index in [4.69, 9.17) is 5.11 Å². The van der Waals surface area contributed by atoms with Crippen LogP contribution in [-0.2, 0) is 12.8 Å². The molecule has 0 radical (unpaired) electrons. The number of carboxylic acids is 1. The molecule has 0 amide bonds. The van der Waals surface area contributed by atoms with Gasteiger partial charge in [0, 0.05) is 5.69 Å². The summed E-state index contributed by atoms with van der Waals surface area (Å²) < 4.78 is 0. The number of nitrogens with one attached hydrogen (secondary N) is 1. The molecule has 1 aliphatic carbocycles. The standard InChI is InChI=1S/C10H13NO2/c1-10(2)4-6-3-7(9(12)13)11-8(6)5-10/h3,11H,4-5H2,1-2H3,(H,12,13). The Kier molecular flexibility index (Phi) is 1.53. The predicted molar refractivity (Wildman–Crippen MR) is 48.9 cm³/mol. The quantitative estimate of drug-likeness (QED) is 0.691. The maximum Gasteiger partial charge on any atom is 0.352 e. The molecule has 1 aromatic heterocycles. The topological polar surface area (TPSA) is 53.1 Å². The second-order valence-electron chi connectivity index (χ2n) is 4.51. The van der Waals surface area contributed by atoms with Gasteiger partial charge in [-0.05, 0) is 29.9 Å². The van der Waals surface area contributed by atoms with Crippen molar-refractivity contribution in [3.63, 3.8) is 0 Å². The van der Waals surface area contributed by atoms with Gasteiger partial charge in [-0.15, -0.1) is 0 Å². The number of hydrogen-bond acceptors (Lipinski definition) is 1. The first kappa shape index (κ1) is 8.35. The Morgan fingerprint density at radius 3 is 2.77 bits per heavy atom. The Morgan fingerprint density at radius 1 is 1.54 bits per heavy atom. The molecule has 0 fully saturated rings. The third-order valence-electron chi connectivity index (χ3n) is 2.55. The van der Waals surface area contributed by atoms with Gasteiger partial charge in [-0.1, -0.05) is 13.8 Å². The third-order valence-corrected chi connectivity index (χ3v) is 2.55. The second kappa shape index (κ2) is 2.37. The van der Waals surface area contributed by atoms with Crippen molar-refractivity contribution in [2.45, 2.75) is 26.7 Å². The highest BCUT2D eigenvalue weighted by Gasteiger charge is 2.30. The summed E-state index contributed by atoms with van der Waals surface area (Å²) in [6.45, 7) is 4.39. The summed E-state index contributed by atoms with van der Waals surface area (Å²) in [5.41, 5.74) is 2.88. The molecule has 70 valence electrons. The van der Waals surface area contributed by atoms with Crippen LogP contribution in [0, 0.1) is 5.41 Å². The van der Waals surface area contributed by atoms with Crippen molar-refractivity contribution >= 4 is 5.97 Å². The third kappa shape index (κ3) is 1.34. The van der Waals surface area contributed by atoms with Gasteiger partial charge < -0.3 is 10.1 Å². The van der Waals surface area contributed by atoms with E-state index in [1.54, 1.807) is 6.07 Å². The Balaban J connectivity index is 2.34. The Morgan fingerprint density at radius 2 is 2.23 bits per heavy atom. The Labute approximate surface area is 76.8 Å². The lowest BCUT2D eigenvalue weighted by atomic mass is 9.90. The molecule has 0 spiro atoms. The lowest BCUT2D eigenvalue weighted by Gasteiger charge is -2.15. The van der Waals surface area contributed by atoms with Crippen LogP contribution in [0.5, 0.6) is 0 Å². The Hall–Kier alpha value is -1.25. The van der Waals surface area contributed by atoms with E-state index in [2.05, 4.69) is 18.8 Å². The number of rotatable bonds is 1. The second-order valence-corrected chi connectivity index (χ2v) is 4.51. The number of H-pyrrole nitrogens is 1. The van der Waals surface area contributed by atoms with Gasteiger partial charge in [-0.25, -0.2) is 4.79 Å². The molecule has 2 rings (SSSR count). The molecule has 13 heavy (non-hydrogen) atoms. The van der Waals surface area contributed by atoms with Crippen LogP contribution >= 0.6 is 0 Å². The summed E-state index contributed by atoms with van der Waals surface area (Å²) in [6, 6.07) is 1.76. The van der Waals surface area contributed by atoms with E-state index >= 15 is 0 Å². The average molecular weight is 179 g/mol. The number of aromatic amines is 1. The molecule has 0 unspecified atom stereocenters. The van der Waals surface area contributed by atoms with Gasteiger partial charge in [-0.2, -0.15) is 0 Å². The van der Waals surface area contributed by atoms with Crippen molar-refractivity contribution in [3.05, 3.63) is 23.0 Å². The van der Waals surface area contributed by atoms with E-state index in [1.165, 1.54) is 5.56 Å². The molecule has 0 aliphatic heterocycles. The summed E-state index contributed by atoms with van der Waals surface area (Å²) in [6.07, 6.45) is 1.93. The van der Waals surface area contributed by atoms with Crippen LogP contribution in [0.3, 0.4) is 0 Å². The lowest BCUT2D eigenvalue weighted by Crippen LogP contribution is -2.11. The highest BCUT2D eigenvalue weighted by Crippen LogP contribution is 2.36. The highest BCUT2D eigenvalue weighted by molar-refractivity contribution is 5.86. The first-order valence-corrected chi connectivity index (χ1v) is 4.42. The van der Waals surface area contributed by atoms with Gasteiger partial charge in [0.15, 0.2) is 0 Å². The molecular formula is C10H13NO2. The van der Waals surface area contributed by atoms with Gasteiger partial charge in [0.05, 0.1) is 0 Å². The molecular weight excluding hydrogens is 166 g/mol. The minimum Gasteiger partial charge on any atom is -0.477 e. The van der Waals surface area contributed by atoms with Crippen molar-refractivity contribution in [1.82, 2.24) is 4.98 Å². The molecule has 3 heteroatoms. The van der Waals surface area contributed by atoms with Crippen LogP contribution in [0.15, 0.2) is 6.07 Å². The van der Waals surface area contributed by atoms with Crippen LogP contribution in [0.1, 0.15) is 35.6 Å². The van der Waals surface area contributed by atoms with Gasteiger partial charge >= 0.3 is 5.97 Å². The van der Waals surface area contributed by atoms with Crippen LogP contribution in [-0.4, -0.2) is 16.1 Å². The maximum absolute atomic E-state index is 10.6. The highest BCUT2D eigenvalue weighted by atomic mass is 16.4. The van der Waals surface area contributed by atoms with E-state index in [-0.39, 0.29) is 5.41 Å². The van der Waals surface area contributed by atoms with Gasteiger partial charge in [-0.3, -0.25) is 0 Å². The fraction of sp³-hybridized carbons (Fsp3) is 0.500. The SMILES string of the molecule is CC1(C)Cc2cc(C(=O)O)[nH]c2C1.